The van der Waals surface area contributed by atoms with Gasteiger partial charge >= 0.3 is 0 Å². The molecular formula is C9H12N4O3S. The van der Waals surface area contributed by atoms with Gasteiger partial charge in [0, 0.05) is 24.5 Å². The van der Waals surface area contributed by atoms with E-state index in [9.17, 15) is 8.42 Å². The second kappa shape index (κ2) is 4.70. The summed E-state index contributed by atoms with van der Waals surface area (Å²) in [6, 6.07) is 3.08. The van der Waals surface area contributed by atoms with E-state index in [4.69, 9.17) is 10.3 Å². The lowest BCUT2D eigenvalue weighted by atomic mass is 10.4. The molecule has 0 aliphatic carbocycles. The Kier molecular flexibility index (Phi) is 3.27. The molecule has 0 aliphatic rings. The molecule has 0 unspecified atom stereocenters. The monoisotopic (exact) mass is 256 g/mol. The first-order chi connectivity index (χ1) is 8.12. The van der Waals surface area contributed by atoms with Crippen molar-refractivity contribution in [2.45, 2.75) is 18.0 Å². The molecule has 0 bridgehead atoms. The number of nitrogens with zero attached hydrogens (tertiary/aromatic N) is 1. The maximum atomic E-state index is 11.8. The Morgan fingerprint density at radius 2 is 2.35 bits per heavy atom. The molecule has 0 saturated heterocycles. The van der Waals surface area contributed by atoms with Crippen LogP contribution in [0.25, 0.3) is 0 Å². The third kappa shape index (κ3) is 2.73. The minimum Gasteiger partial charge on any atom is -0.363 e. The zero-order valence-corrected chi connectivity index (χ0v) is 9.70. The fraction of sp³-hybridized carbons (Fsp3) is 0.222. The zero-order valence-electron chi connectivity index (χ0n) is 8.88. The lowest BCUT2D eigenvalue weighted by molar-refractivity contribution is 0.380. The molecule has 0 saturated carbocycles. The molecule has 0 atom stereocenters. The SMILES string of the molecule is NCc1cc(S(=O)(=O)NCc2ccno2)c[nH]1. The van der Waals surface area contributed by atoms with Gasteiger partial charge in [-0.3, -0.25) is 0 Å². The van der Waals surface area contributed by atoms with Crippen LogP contribution >= 0.6 is 0 Å². The fourth-order valence-corrected chi connectivity index (χ4v) is 2.29. The van der Waals surface area contributed by atoms with E-state index in [1.54, 1.807) is 6.07 Å². The molecule has 0 fully saturated rings. The van der Waals surface area contributed by atoms with Crippen LogP contribution < -0.4 is 10.5 Å². The van der Waals surface area contributed by atoms with E-state index in [1.165, 1.54) is 18.5 Å². The zero-order chi connectivity index (χ0) is 12.3. The molecule has 2 rings (SSSR count). The van der Waals surface area contributed by atoms with E-state index in [2.05, 4.69) is 14.9 Å². The highest BCUT2D eigenvalue weighted by molar-refractivity contribution is 7.89. The normalized spacial score (nSPS) is 11.8. The summed E-state index contributed by atoms with van der Waals surface area (Å²) in [4.78, 5) is 2.93. The van der Waals surface area contributed by atoms with Gasteiger partial charge in [0.15, 0.2) is 5.76 Å². The second-order valence-electron chi connectivity index (χ2n) is 3.37. The Morgan fingerprint density at radius 1 is 1.53 bits per heavy atom. The summed E-state index contributed by atoms with van der Waals surface area (Å²) < 4.78 is 30.8. The molecule has 0 aromatic carbocycles. The van der Waals surface area contributed by atoms with Gasteiger partial charge < -0.3 is 15.2 Å². The largest absolute Gasteiger partial charge is 0.363 e. The number of H-pyrrole nitrogens is 1. The summed E-state index contributed by atoms with van der Waals surface area (Å²) in [6.45, 7) is 0.323. The van der Waals surface area contributed by atoms with Crippen molar-refractivity contribution in [3.8, 4) is 0 Å². The van der Waals surface area contributed by atoms with E-state index in [-0.39, 0.29) is 18.0 Å². The summed E-state index contributed by atoms with van der Waals surface area (Å²) >= 11 is 0. The van der Waals surface area contributed by atoms with Gasteiger partial charge in [0.1, 0.15) is 0 Å². The Bertz CT molecular complexity index is 573. The number of aromatic amines is 1. The maximum absolute atomic E-state index is 11.8. The van der Waals surface area contributed by atoms with E-state index in [0.717, 1.165) is 0 Å². The van der Waals surface area contributed by atoms with Crippen molar-refractivity contribution >= 4 is 10.0 Å². The van der Waals surface area contributed by atoms with Crippen molar-refractivity contribution in [1.29, 1.82) is 0 Å². The number of nitrogens with one attached hydrogen (secondary N) is 2. The molecule has 17 heavy (non-hydrogen) atoms. The number of sulfonamides is 1. The van der Waals surface area contributed by atoms with Crippen LogP contribution in [0.1, 0.15) is 11.5 Å². The Hall–Kier alpha value is -1.64. The predicted molar refractivity (Wildman–Crippen MR) is 59.2 cm³/mol. The minimum atomic E-state index is -3.55. The molecule has 4 N–H and O–H groups in total. The highest BCUT2D eigenvalue weighted by atomic mass is 32.2. The standard InChI is InChI=1S/C9H12N4O3S/c10-4-7-3-9(6-11-7)17(14,15)13-5-8-1-2-12-16-8/h1-3,6,11,13H,4-5,10H2. The molecule has 8 heteroatoms. The van der Waals surface area contributed by atoms with Crippen LogP contribution in [0.2, 0.25) is 0 Å². The van der Waals surface area contributed by atoms with Crippen LogP contribution in [0.5, 0.6) is 0 Å². The molecule has 2 aromatic heterocycles. The number of nitrogens with two attached hydrogens (primary N) is 1. The molecule has 2 aromatic rings. The molecule has 7 nitrogen and oxygen atoms in total. The highest BCUT2D eigenvalue weighted by Crippen LogP contribution is 2.10. The van der Waals surface area contributed by atoms with E-state index in [1.807, 2.05) is 0 Å². The van der Waals surface area contributed by atoms with Crippen LogP contribution in [-0.2, 0) is 23.1 Å². The number of aromatic nitrogens is 2. The average molecular weight is 256 g/mol. The van der Waals surface area contributed by atoms with Gasteiger partial charge in [0.05, 0.1) is 17.6 Å². The molecule has 0 radical (unpaired) electrons. The van der Waals surface area contributed by atoms with Crippen molar-refractivity contribution in [2.75, 3.05) is 0 Å². The van der Waals surface area contributed by atoms with Crippen LogP contribution in [-0.4, -0.2) is 18.6 Å². The van der Waals surface area contributed by atoms with Crippen LogP contribution in [0.15, 0.2) is 33.9 Å². The first-order valence-corrected chi connectivity index (χ1v) is 6.37. The first-order valence-electron chi connectivity index (χ1n) is 4.88. The quantitative estimate of drug-likeness (QED) is 0.693. The molecular weight excluding hydrogens is 244 g/mol. The van der Waals surface area contributed by atoms with Crippen LogP contribution in [0.3, 0.4) is 0 Å². The Labute approximate surface area is 98.0 Å². The predicted octanol–water partition coefficient (Wildman–Crippen LogP) is -0.0601. The second-order valence-corrected chi connectivity index (χ2v) is 5.13. The lowest BCUT2D eigenvalue weighted by Crippen LogP contribution is -2.22. The first kappa shape index (κ1) is 11.8. The van der Waals surface area contributed by atoms with Crippen molar-refractivity contribution in [3.63, 3.8) is 0 Å². The topological polar surface area (TPSA) is 114 Å². The Balaban J connectivity index is 2.08. The van der Waals surface area contributed by atoms with Crippen LogP contribution in [0.4, 0.5) is 0 Å². The Morgan fingerprint density at radius 3 is 2.94 bits per heavy atom. The third-order valence-electron chi connectivity index (χ3n) is 2.17. The molecule has 0 aliphatic heterocycles. The van der Waals surface area contributed by atoms with Gasteiger partial charge in [-0.1, -0.05) is 5.16 Å². The van der Waals surface area contributed by atoms with Crippen molar-refractivity contribution in [1.82, 2.24) is 14.9 Å². The smallest absolute Gasteiger partial charge is 0.242 e. The molecule has 0 amide bonds. The number of rotatable bonds is 5. The van der Waals surface area contributed by atoms with Gasteiger partial charge in [-0.05, 0) is 6.07 Å². The van der Waals surface area contributed by atoms with Gasteiger partial charge in [0.2, 0.25) is 10.0 Å². The molecule has 0 spiro atoms. The minimum absolute atomic E-state index is 0.0610. The van der Waals surface area contributed by atoms with Crippen molar-refractivity contribution in [3.05, 3.63) is 36.0 Å². The fourth-order valence-electron chi connectivity index (χ4n) is 1.27. The maximum Gasteiger partial charge on any atom is 0.242 e. The van der Waals surface area contributed by atoms with Crippen molar-refractivity contribution < 1.29 is 12.9 Å². The average Bonchev–Trinajstić information content (AvgIpc) is 2.98. The summed E-state index contributed by atoms with van der Waals surface area (Å²) in [5.41, 5.74) is 6.05. The van der Waals surface area contributed by atoms with Crippen molar-refractivity contribution in [2.24, 2.45) is 5.73 Å². The molecule has 92 valence electrons. The number of hydrogen-bond acceptors (Lipinski definition) is 5. The highest BCUT2D eigenvalue weighted by Gasteiger charge is 2.16. The van der Waals surface area contributed by atoms with Crippen LogP contribution in [0, 0.1) is 0 Å². The molecule has 2 heterocycles. The summed E-state index contributed by atoms with van der Waals surface area (Å²) in [5, 5.41) is 3.48. The summed E-state index contributed by atoms with van der Waals surface area (Å²) in [5.74, 6) is 0.447. The lowest BCUT2D eigenvalue weighted by Gasteiger charge is -2.01. The van der Waals surface area contributed by atoms with E-state index < -0.39 is 10.0 Å². The van der Waals surface area contributed by atoms with Gasteiger partial charge in [-0.15, -0.1) is 0 Å². The number of hydrogen-bond donors (Lipinski definition) is 3. The summed E-state index contributed by atoms with van der Waals surface area (Å²) in [6.07, 6.45) is 2.84. The van der Waals surface area contributed by atoms with Gasteiger partial charge in [0.25, 0.3) is 0 Å². The summed E-state index contributed by atoms with van der Waals surface area (Å²) in [7, 11) is -3.55. The third-order valence-corrected chi connectivity index (χ3v) is 3.55. The van der Waals surface area contributed by atoms with E-state index in [0.29, 0.717) is 11.5 Å². The van der Waals surface area contributed by atoms with Gasteiger partial charge in [-0.25, -0.2) is 13.1 Å². The van der Waals surface area contributed by atoms with E-state index >= 15 is 0 Å². The van der Waals surface area contributed by atoms with Gasteiger partial charge in [-0.2, -0.15) is 0 Å².